The van der Waals surface area contributed by atoms with Crippen LogP contribution in [0.2, 0.25) is 0 Å². The number of carbonyl (C=O) groups is 2. The molecule has 1 atom stereocenters. The van der Waals surface area contributed by atoms with Gasteiger partial charge in [0, 0.05) is 12.5 Å². The van der Waals surface area contributed by atoms with E-state index in [1.807, 2.05) is 6.26 Å². The number of imide groups is 1. The molecule has 6 nitrogen and oxygen atoms in total. The van der Waals surface area contributed by atoms with Gasteiger partial charge in [0.25, 0.3) is 0 Å². The monoisotopic (exact) mass is 252 g/mol. The Hall–Kier alpha value is -1.63. The molecule has 1 aliphatic rings. The molecule has 2 N–H and O–H groups in total. The van der Waals surface area contributed by atoms with Gasteiger partial charge in [-0.05, 0) is 12.7 Å². The molecule has 2 rings (SSSR count). The highest BCUT2D eigenvalue weighted by atomic mass is 32.2. The summed E-state index contributed by atoms with van der Waals surface area (Å²) >= 11 is 1.50. The molecule has 2 amide bonds. The first-order valence-electron chi connectivity index (χ1n) is 5.15. The molecule has 1 aliphatic heterocycles. The first kappa shape index (κ1) is 11.8. The largest absolute Gasteiger partial charge is 0.358 e. The molecule has 17 heavy (non-hydrogen) atoms. The third kappa shape index (κ3) is 2.94. The van der Waals surface area contributed by atoms with E-state index < -0.39 is 6.04 Å². The van der Waals surface area contributed by atoms with E-state index in [4.69, 9.17) is 0 Å². The van der Waals surface area contributed by atoms with Crippen LogP contribution in [0.4, 0.5) is 5.82 Å². The zero-order valence-corrected chi connectivity index (χ0v) is 10.1. The molecule has 1 aromatic rings. The van der Waals surface area contributed by atoms with Gasteiger partial charge < -0.3 is 5.32 Å². The van der Waals surface area contributed by atoms with E-state index in [0.29, 0.717) is 18.7 Å². The Balaban J connectivity index is 2.05. The lowest BCUT2D eigenvalue weighted by Crippen LogP contribution is -2.47. The minimum absolute atomic E-state index is 0.222. The number of thioether (sulfide) groups is 1. The fourth-order valence-electron chi connectivity index (χ4n) is 1.54. The Labute approximate surface area is 103 Å². The van der Waals surface area contributed by atoms with Crippen LogP contribution in [0.25, 0.3) is 0 Å². The summed E-state index contributed by atoms with van der Waals surface area (Å²) in [6, 6.07) is 1.37. The molecule has 2 heterocycles. The average molecular weight is 252 g/mol. The van der Waals surface area contributed by atoms with Crippen molar-refractivity contribution < 1.29 is 9.59 Å². The number of hydrogen-bond donors (Lipinski definition) is 2. The maximum atomic E-state index is 11.5. The summed E-state index contributed by atoms with van der Waals surface area (Å²) in [5.74, 6) is 0.0740. The molecule has 1 fully saturated rings. The summed E-state index contributed by atoms with van der Waals surface area (Å²) in [4.78, 5) is 30.6. The Morgan fingerprint density at radius 1 is 1.47 bits per heavy atom. The van der Waals surface area contributed by atoms with Crippen molar-refractivity contribution in [2.75, 3.05) is 11.6 Å². The van der Waals surface area contributed by atoms with Crippen LogP contribution in [0.5, 0.6) is 0 Å². The summed E-state index contributed by atoms with van der Waals surface area (Å²) < 4.78 is 0. The fourth-order valence-corrected chi connectivity index (χ4v) is 1.92. The highest BCUT2D eigenvalue weighted by Gasteiger charge is 2.26. The van der Waals surface area contributed by atoms with E-state index in [1.165, 1.54) is 18.1 Å². The number of nitrogens with one attached hydrogen (secondary N) is 2. The topological polar surface area (TPSA) is 84.0 Å². The Morgan fingerprint density at radius 3 is 3.00 bits per heavy atom. The highest BCUT2D eigenvalue weighted by Crippen LogP contribution is 2.16. The van der Waals surface area contributed by atoms with Crippen molar-refractivity contribution in [2.24, 2.45) is 0 Å². The fraction of sp³-hybridized carbons (Fsp3) is 0.400. The standard InChI is InChI=1S/C10H12N4O2S/c1-17-9-4-7(11-5-12-9)13-6-2-3-8(15)14-10(6)16/h4-6H,2-3H2,1H3,(H,11,12,13)(H,14,15,16). The molecular formula is C10H12N4O2S. The number of nitrogens with zero attached hydrogens (tertiary/aromatic N) is 2. The molecule has 0 bridgehead atoms. The first-order valence-corrected chi connectivity index (χ1v) is 6.38. The number of anilines is 1. The van der Waals surface area contributed by atoms with Crippen molar-refractivity contribution in [3.05, 3.63) is 12.4 Å². The molecule has 90 valence electrons. The van der Waals surface area contributed by atoms with Crippen LogP contribution in [0.1, 0.15) is 12.8 Å². The maximum absolute atomic E-state index is 11.5. The van der Waals surface area contributed by atoms with Gasteiger partial charge in [-0.1, -0.05) is 0 Å². The lowest BCUT2D eigenvalue weighted by atomic mass is 10.1. The molecule has 0 aliphatic carbocycles. The Bertz CT molecular complexity index is 452. The van der Waals surface area contributed by atoms with Crippen molar-refractivity contribution in [1.29, 1.82) is 0 Å². The van der Waals surface area contributed by atoms with Crippen molar-refractivity contribution in [3.8, 4) is 0 Å². The SMILES string of the molecule is CSc1cc(NC2CCC(=O)NC2=O)ncn1. The van der Waals surface area contributed by atoms with Crippen LogP contribution in [-0.2, 0) is 9.59 Å². The van der Waals surface area contributed by atoms with Gasteiger partial charge in [0.2, 0.25) is 11.8 Å². The Kier molecular flexibility index (Phi) is 3.58. The summed E-state index contributed by atoms with van der Waals surface area (Å²) in [5.41, 5.74) is 0. The summed E-state index contributed by atoms with van der Waals surface area (Å²) in [7, 11) is 0. The molecule has 1 aromatic heterocycles. The summed E-state index contributed by atoms with van der Waals surface area (Å²) in [6.45, 7) is 0. The van der Waals surface area contributed by atoms with Crippen LogP contribution in [0.15, 0.2) is 17.4 Å². The van der Waals surface area contributed by atoms with Gasteiger partial charge in [-0.2, -0.15) is 0 Å². The smallest absolute Gasteiger partial charge is 0.249 e. The van der Waals surface area contributed by atoms with Crippen LogP contribution >= 0.6 is 11.8 Å². The van der Waals surface area contributed by atoms with Crippen molar-refractivity contribution >= 4 is 29.4 Å². The third-order valence-electron chi connectivity index (χ3n) is 2.41. The first-order chi connectivity index (χ1) is 8.19. The maximum Gasteiger partial charge on any atom is 0.249 e. The number of aromatic nitrogens is 2. The van der Waals surface area contributed by atoms with E-state index in [2.05, 4.69) is 20.6 Å². The van der Waals surface area contributed by atoms with E-state index >= 15 is 0 Å². The average Bonchev–Trinajstić information content (AvgIpc) is 2.33. The van der Waals surface area contributed by atoms with E-state index in [1.54, 1.807) is 6.07 Å². The molecule has 7 heteroatoms. The van der Waals surface area contributed by atoms with Crippen molar-refractivity contribution in [2.45, 2.75) is 23.9 Å². The number of hydrogen-bond acceptors (Lipinski definition) is 6. The number of amides is 2. The zero-order chi connectivity index (χ0) is 12.3. The van der Waals surface area contributed by atoms with Crippen LogP contribution in [0.3, 0.4) is 0 Å². The van der Waals surface area contributed by atoms with E-state index in [0.717, 1.165) is 5.03 Å². The second-order valence-electron chi connectivity index (χ2n) is 3.59. The van der Waals surface area contributed by atoms with Crippen LogP contribution in [-0.4, -0.2) is 34.1 Å². The lowest BCUT2D eigenvalue weighted by molar-refractivity contribution is -0.133. The second kappa shape index (κ2) is 5.13. The number of carbonyl (C=O) groups excluding carboxylic acids is 2. The quantitative estimate of drug-likeness (QED) is 0.460. The normalized spacial score (nSPS) is 19.9. The molecule has 1 unspecified atom stereocenters. The second-order valence-corrected chi connectivity index (χ2v) is 4.42. The predicted octanol–water partition coefficient (Wildman–Crippen LogP) is 0.416. The highest BCUT2D eigenvalue weighted by molar-refractivity contribution is 7.98. The van der Waals surface area contributed by atoms with Crippen LogP contribution < -0.4 is 10.6 Å². The van der Waals surface area contributed by atoms with Gasteiger partial charge >= 0.3 is 0 Å². The summed E-state index contributed by atoms with van der Waals surface area (Å²) in [5, 5.41) is 6.11. The lowest BCUT2D eigenvalue weighted by Gasteiger charge is -2.22. The molecule has 0 aromatic carbocycles. The van der Waals surface area contributed by atoms with Crippen molar-refractivity contribution in [3.63, 3.8) is 0 Å². The number of rotatable bonds is 3. The van der Waals surface area contributed by atoms with Gasteiger partial charge in [-0.15, -0.1) is 11.8 Å². The van der Waals surface area contributed by atoms with Crippen molar-refractivity contribution in [1.82, 2.24) is 15.3 Å². The molecule has 1 saturated heterocycles. The minimum atomic E-state index is -0.405. The van der Waals surface area contributed by atoms with Gasteiger partial charge in [0.15, 0.2) is 0 Å². The molecule has 0 radical (unpaired) electrons. The molecular weight excluding hydrogens is 240 g/mol. The number of piperidine rings is 1. The molecule has 0 saturated carbocycles. The van der Waals surface area contributed by atoms with E-state index in [-0.39, 0.29) is 11.8 Å². The summed E-state index contributed by atoms with van der Waals surface area (Å²) in [6.07, 6.45) is 4.20. The molecule has 0 spiro atoms. The van der Waals surface area contributed by atoms with Gasteiger partial charge in [0.05, 0.1) is 0 Å². The third-order valence-corrected chi connectivity index (χ3v) is 3.05. The Morgan fingerprint density at radius 2 is 2.29 bits per heavy atom. The minimum Gasteiger partial charge on any atom is -0.358 e. The van der Waals surface area contributed by atoms with Gasteiger partial charge in [-0.25, -0.2) is 9.97 Å². The predicted molar refractivity (Wildman–Crippen MR) is 63.6 cm³/mol. The van der Waals surface area contributed by atoms with Gasteiger partial charge in [0.1, 0.15) is 23.2 Å². The van der Waals surface area contributed by atoms with Gasteiger partial charge in [-0.3, -0.25) is 14.9 Å². The van der Waals surface area contributed by atoms with E-state index in [9.17, 15) is 9.59 Å². The van der Waals surface area contributed by atoms with Crippen LogP contribution in [0, 0.1) is 0 Å². The zero-order valence-electron chi connectivity index (χ0n) is 9.27.